The SMILES string of the molecule is CCC(CCO[SiH3])(OC)C1(C)COC1. The molecule has 0 amide bonds. The van der Waals surface area contributed by atoms with Gasteiger partial charge in [-0.15, -0.1) is 0 Å². The predicted octanol–water partition coefficient (Wildman–Crippen LogP) is 0.505. The number of hydrogen-bond donors (Lipinski definition) is 0. The van der Waals surface area contributed by atoms with Gasteiger partial charge in [-0.3, -0.25) is 0 Å². The second kappa shape index (κ2) is 4.75. The second-order valence-electron chi connectivity index (χ2n) is 4.35. The summed E-state index contributed by atoms with van der Waals surface area (Å²) >= 11 is 0. The molecule has 1 heterocycles. The van der Waals surface area contributed by atoms with Gasteiger partial charge in [0, 0.05) is 19.1 Å². The third kappa shape index (κ3) is 1.89. The Morgan fingerprint density at radius 2 is 2.14 bits per heavy atom. The fraction of sp³-hybridized carbons (Fsp3) is 1.00. The molecule has 0 aromatic rings. The molecule has 0 bridgehead atoms. The Balaban J connectivity index is 2.68. The number of methoxy groups -OCH3 is 1. The molecule has 0 saturated carbocycles. The normalized spacial score (nSPS) is 24.2. The van der Waals surface area contributed by atoms with Crippen molar-refractivity contribution in [2.24, 2.45) is 5.41 Å². The first-order chi connectivity index (χ1) is 6.64. The van der Waals surface area contributed by atoms with Gasteiger partial charge in [-0.05, 0) is 12.8 Å². The molecule has 14 heavy (non-hydrogen) atoms. The van der Waals surface area contributed by atoms with E-state index < -0.39 is 0 Å². The molecule has 0 radical (unpaired) electrons. The molecule has 1 aliphatic rings. The van der Waals surface area contributed by atoms with E-state index in [1.54, 1.807) is 7.11 Å². The molecule has 1 saturated heterocycles. The maximum atomic E-state index is 5.75. The van der Waals surface area contributed by atoms with Crippen LogP contribution in [0.1, 0.15) is 26.7 Å². The van der Waals surface area contributed by atoms with Crippen molar-refractivity contribution in [3.8, 4) is 0 Å². The van der Waals surface area contributed by atoms with Crippen LogP contribution in [0.25, 0.3) is 0 Å². The zero-order valence-electron chi connectivity index (χ0n) is 9.76. The van der Waals surface area contributed by atoms with Crippen molar-refractivity contribution >= 4 is 10.5 Å². The summed E-state index contributed by atoms with van der Waals surface area (Å²) in [7, 11) is 2.61. The zero-order chi connectivity index (χ0) is 10.7. The fourth-order valence-corrected chi connectivity index (χ4v) is 2.54. The number of ether oxygens (including phenoxy) is 2. The summed E-state index contributed by atoms with van der Waals surface area (Å²) in [6.45, 7) is 6.87. The van der Waals surface area contributed by atoms with Crippen LogP contribution in [0, 0.1) is 5.41 Å². The smallest absolute Gasteiger partial charge is 0.145 e. The van der Waals surface area contributed by atoms with E-state index in [2.05, 4.69) is 13.8 Å². The highest BCUT2D eigenvalue weighted by Crippen LogP contribution is 2.44. The first-order valence-corrected chi connectivity index (χ1v) is 6.07. The van der Waals surface area contributed by atoms with E-state index in [1.807, 2.05) is 0 Å². The van der Waals surface area contributed by atoms with Crippen LogP contribution in [0.4, 0.5) is 0 Å². The van der Waals surface area contributed by atoms with Gasteiger partial charge < -0.3 is 13.9 Å². The maximum Gasteiger partial charge on any atom is 0.145 e. The van der Waals surface area contributed by atoms with E-state index in [0.717, 1.165) is 43.1 Å². The molecule has 0 spiro atoms. The molecule has 1 fully saturated rings. The standard InChI is InChI=1S/C10H22O3Si/c1-4-10(11-3,5-6-13-14)9(2)7-12-8-9/h4-8H2,1-3,14H3. The Hall–Kier alpha value is 0.0969. The van der Waals surface area contributed by atoms with E-state index in [9.17, 15) is 0 Å². The molecular formula is C10H22O3Si. The highest BCUT2D eigenvalue weighted by molar-refractivity contribution is 5.97. The molecule has 3 nitrogen and oxygen atoms in total. The number of rotatable bonds is 6. The van der Waals surface area contributed by atoms with Crippen LogP contribution in [-0.4, -0.2) is 43.0 Å². The maximum absolute atomic E-state index is 5.75. The molecule has 0 N–H and O–H groups in total. The average Bonchev–Trinajstić information content (AvgIpc) is 2.17. The van der Waals surface area contributed by atoms with Gasteiger partial charge in [0.2, 0.25) is 0 Å². The van der Waals surface area contributed by atoms with Crippen LogP contribution < -0.4 is 0 Å². The van der Waals surface area contributed by atoms with Crippen LogP contribution in [0.3, 0.4) is 0 Å². The van der Waals surface area contributed by atoms with Crippen molar-refractivity contribution in [3.05, 3.63) is 0 Å². The minimum Gasteiger partial charge on any atom is -0.428 e. The van der Waals surface area contributed by atoms with Gasteiger partial charge >= 0.3 is 0 Å². The summed E-state index contributed by atoms with van der Waals surface area (Å²) in [4.78, 5) is 0. The van der Waals surface area contributed by atoms with E-state index in [0.29, 0.717) is 0 Å². The van der Waals surface area contributed by atoms with Gasteiger partial charge in [0.1, 0.15) is 10.5 Å². The van der Waals surface area contributed by atoms with Crippen molar-refractivity contribution < 1.29 is 13.9 Å². The largest absolute Gasteiger partial charge is 0.428 e. The molecule has 1 atom stereocenters. The molecule has 0 aliphatic carbocycles. The molecule has 84 valence electrons. The molecule has 0 aromatic heterocycles. The quantitative estimate of drug-likeness (QED) is 0.608. The Morgan fingerprint density at radius 1 is 1.50 bits per heavy atom. The van der Waals surface area contributed by atoms with E-state index >= 15 is 0 Å². The van der Waals surface area contributed by atoms with Crippen molar-refractivity contribution in [2.45, 2.75) is 32.3 Å². The Labute approximate surface area is 89.7 Å². The van der Waals surface area contributed by atoms with Crippen LogP contribution >= 0.6 is 0 Å². The lowest BCUT2D eigenvalue weighted by atomic mass is 9.68. The van der Waals surface area contributed by atoms with Crippen LogP contribution in [0.15, 0.2) is 0 Å². The lowest BCUT2D eigenvalue weighted by molar-refractivity contribution is -0.229. The van der Waals surface area contributed by atoms with Crippen LogP contribution in [0.5, 0.6) is 0 Å². The van der Waals surface area contributed by atoms with Crippen LogP contribution in [0.2, 0.25) is 0 Å². The van der Waals surface area contributed by atoms with Gasteiger partial charge in [0.05, 0.1) is 18.8 Å². The summed E-state index contributed by atoms with van der Waals surface area (Å²) in [5.74, 6) is 0. The van der Waals surface area contributed by atoms with E-state index in [4.69, 9.17) is 13.9 Å². The first-order valence-electron chi connectivity index (χ1n) is 5.26. The Morgan fingerprint density at radius 3 is 2.43 bits per heavy atom. The highest BCUT2D eigenvalue weighted by Gasteiger charge is 2.51. The molecule has 4 heteroatoms. The summed E-state index contributed by atoms with van der Waals surface area (Å²) in [5.41, 5.74) is 0.117. The third-order valence-electron chi connectivity index (χ3n) is 3.61. The third-order valence-corrected chi connectivity index (χ3v) is 4.02. The Kier molecular flexibility index (Phi) is 4.12. The predicted molar refractivity (Wildman–Crippen MR) is 59.5 cm³/mol. The average molecular weight is 218 g/mol. The van der Waals surface area contributed by atoms with Gasteiger partial charge in [0.25, 0.3) is 0 Å². The van der Waals surface area contributed by atoms with Crippen LogP contribution in [-0.2, 0) is 13.9 Å². The van der Waals surface area contributed by atoms with E-state index in [1.165, 1.54) is 0 Å². The first kappa shape index (κ1) is 12.2. The topological polar surface area (TPSA) is 27.7 Å². The summed E-state index contributed by atoms with van der Waals surface area (Å²) < 4.78 is 16.3. The fourth-order valence-electron chi connectivity index (χ4n) is 2.34. The van der Waals surface area contributed by atoms with Gasteiger partial charge in [-0.2, -0.15) is 0 Å². The molecular weight excluding hydrogens is 196 g/mol. The minimum atomic E-state index is -0.0599. The van der Waals surface area contributed by atoms with Crippen molar-refractivity contribution in [3.63, 3.8) is 0 Å². The van der Waals surface area contributed by atoms with E-state index in [-0.39, 0.29) is 11.0 Å². The second-order valence-corrected chi connectivity index (χ2v) is 4.93. The lowest BCUT2D eigenvalue weighted by Crippen LogP contribution is -2.59. The molecule has 0 aromatic carbocycles. The minimum absolute atomic E-state index is 0.0599. The zero-order valence-corrected chi connectivity index (χ0v) is 11.8. The molecule has 1 rings (SSSR count). The summed E-state index contributed by atoms with van der Waals surface area (Å²) in [6.07, 6.45) is 2.00. The monoisotopic (exact) mass is 218 g/mol. The molecule has 1 aliphatic heterocycles. The number of hydrogen-bond acceptors (Lipinski definition) is 3. The van der Waals surface area contributed by atoms with Crippen molar-refractivity contribution in [1.82, 2.24) is 0 Å². The summed E-state index contributed by atoms with van der Waals surface area (Å²) in [5, 5.41) is 0. The van der Waals surface area contributed by atoms with Gasteiger partial charge in [0.15, 0.2) is 0 Å². The van der Waals surface area contributed by atoms with Gasteiger partial charge in [-0.25, -0.2) is 0 Å². The van der Waals surface area contributed by atoms with Crippen molar-refractivity contribution in [2.75, 3.05) is 26.9 Å². The highest BCUT2D eigenvalue weighted by atomic mass is 28.2. The van der Waals surface area contributed by atoms with Crippen molar-refractivity contribution in [1.29, 1.82) is 0 Å². The van der Waals surface area contributed by atoms with Gasteiger partial charge in [-0.1, -0.05) is 13.8 Å². The lowest BCUT2D eigenvalue weighted by Gasteiger charge is -2.52. The molecule has 1 unspecified atom stereocenters. The Bertz CT molecular complexity index is 176. The summed E-state index contributed by atoms with van der Waals surface area (Å²) in [6, 6.07) is 0.